The van der Waals surface area contributed by atoms with Crippen molar-refractivity contribution in [3.8, 4) is 17.2 Å². The number of benzene rings is 3. The number of carbonyl (C=O) groups is 1. The highest BCUT2D eigenvalue weighted by molar-refractivity contribution is 9.10. The Morgan fingerprint density at radius 1 is 1.00 bits per heavy atom. The normalized spacial score (nSPS) is 10.8. The van der Waals surface area contributed by atoms with Crippen LogP contribution >= 0.6 is 31.9 Å². The second-order valence-electron chi connectivity index (χ2n) is 6.60. The number of rotatable bonds is 9. The third-order valence-corrected chi connectivity index (χ3v) is 5.61. The van der Waals surface area contributed by atoms with Gasteiger partial charge in [0, 0.05) is 20.1 Å². The van der Waals surface area contributed by atoms with Gasteiger partial charge in [-0.25, -0.2) is 5.43 Å². The third-order valence-electron chi connectivity index (χ3n) is 4.39. The molecular formula is C24H22Br2N2O4. The van der Waals surface area contributed by atoms with Crippen molar-refractivity contribution in [3.63, 3.8) is 0 Å². The highest BCUT2D eigenvalue weighted by atomic mass is 79.9. The van der Waals surface area contributed by atoms with E-state index >= 15 is 0 Å². The van der Waals surface area contributed by atoms with Gasteiger partial charge in [-0.05, 0) is 76.9 Å². The van der Waals surface area contributed by atoms with Crippen molar-refractivity contribution in [1.29, 1.82) is 0 Å². The SMILES string of the molecule is CCOc1cc(/C=N\NC(=O)c2ccc(OC)cc2)c(Br)cc1OCc1ccc(Br)cc1. The molecule has 0 saturated carbocycles. The summed E-state index contributed by atoms with van der Waals surface area (Å²) in [6.07, 6.45) is 1.55. The first-order valence-corrected chi connectivity index (χ1v) is 11.4. The van der Waals surface area contributed by atoms with Gasteiger partial charge >= 0.3 is 0 Å². The molecule has 6 nitrogen and oxygen atoms in total. The van der Waals surface area contributed by atoms with Gasteiger partial charge in [-0.15, -0.1) is 0 Å². The lowest BCUT2D eigenvalue weighted by Crippen LogP contribution is -2.17. The predicted molar refractivity (Wildman–Crippen MR) is 132 cm³/mol. The first-order chi connectivity index (χ1) is 15.5. The summed E-state index contributed by atoms with van der Waals surface area (Å²) in [4.78, 5) is 12.3. The predicted octanol–water partition coefficient (Wildman–Crippen LogP) is 5.96. The average molecular weight is 562 g/mol. The largest absolute Gasteiger partial charge is 0.497 e. The van der Waals surface area contributed by atoms with Gasteiger partial charge in [0.25, 0.3) is 5.91 Å². The lowest BCUT2D eigenvalue weighted by molar-refractivity contribution is 0.0955. The van der Waals surface area contributed by atoms with Crippen LogP contribution in [-0.2, 0) is 6.61 Å². The van der Waals surface area contributed by atoms with E-state index in [-0.39, 0.29) is 5.91 Å². The topological polar surface area (TPSA) is 69.2 Å². The van der Waals surface area contributed by atoms with Gasteiger partial charge in [-0.2, -0.15) is 5.10 Å². The molecule has 32 heavy (non-hydrogen) atoms. The van der Waals surface area contributed by atoms with Gasteiger partial charge in [0.2, 0.25) is 0 Å². The Bertz CT molecular complexity index is 1080. The fourth-order valence-electron chi connectivity index (χ4n) is 2.74. The number of carbonyl (C=O) groups excluding carboxylic acids is 1. The summed E-state index contributed by atoms with van der Waals surface area (Å²) >= 11 is 6.97. The summed E-state index contributed by atoms with van der Waals surface area (Å²) in [6, 6.07) is 18.3. The van der Waals surface area contributed by atoms with Crippen molar-refractivity contribution >= 4 is 44.0 Å². The maximum Gasteiger partial charge on any atom is 0.271 e. The maximum atomic E-state index is 12.3. The minimum atomic E-state index is -0.320. The number of hydrogen-bond acceptors (Lipinski definition) is 5. The van der Waals surface area contributed by atoms with E-state index < -0.39 is 0 Å². The van der Waals surface area contributed by atoms with Crippen molar-refractivity contribution in [2.75, 3.05) is 13.7 Å². The van der Waals surface area contributed by atoms with Gasteiger partial charge in [0.1, 0.15) is 12.4 Å². The Hall–Kier alpha value is -2.84. The Morgan fingerprint density at radius 2 is 1.69 bits per heavy atom. The molecule has 1 amide bonds. The fraction of sp³-hybridized carbons (Fsp3) is 0.167. The van der Waals surface area contributed by atoms with Crippen LogP contribution in [0.25, 0.3) is 0 Å². The second-order valence-corrected chi connectivity index (χ2v) is 8.37. The zero-order chi connectivity index (χ0) is 22.9. The summed E-state index contributed by atoms with van der Waals surface area (Å²) in [5, 5.41) is 4.07. The van der Waals surface area contributed by atoms with Crippen LogP contribution in [0.4, 0.5) is 0 Å². The van der Waals surface area contributed by atoms with Crippen LogP contribution in [0.2, 0.25) is 0 Å². The van der Waals surface area contributed by atoms with E-state index in [9.17, 15) is 4.79 Å². The van der Waals surface area contributed by atoms with Crippen LogP contribution in [0.1, 0.15) is 28.4 Å². The van der Waals surface area contributed by atoms with Crippen molar-refractivity contribution in [2.24, 2.45) is 5.10 Å². The van der Waals surface area contributed by atoms with E-state index in [0.717, 1.165) is 20.1 Å². The Balaban J connectivity index is 1.69. The van der Waals surface area contributed by atoms with Crippen molar-refractivity contribution in [1.82, 2.24) is 5.43 Å². The van der Waals surface area contributed by atoms with E-state index in [4.69, 9.17) is 14.2 Å². The molecule has 0 heterocycles. The lowest BCUT2D eigenvalue weighted by Gasteiger charge is -2.14. The number of nitrogens with zero attached hydrogens (tertiary/aromatic N) is 1. The Morgan fingerprint density at radius 3 is 2.34 bits per heavy atom. The van der Waals surface area contributed by atoms with Crippen molar-refractivity contribution < 1.29 is 19.0 Å². The fourth-order valence-corrected chi connectivity index (χ4v) is 3.43. The molecule has 3 aromatic rings. The monoisotopic (exact) mass is 560 g/mol. The molecule has 0 fully saturated rings. The lowest BCUT2D eigenvalue weighted by atomic mass is 10.2. The van der Waals surface area contributed by atoms with Crippen LogP contribution in [0.15, 0.2) is 74.7 Å². The van der Waals surface area contributed by atoms with E-state index in [0.29, 0.717) is 36.0 Å². The molecule has 0 radical (unpaired) electrons. The highest BCUT2D eigenvalue weighted by Gasteiger charge is 2.11. The van der Waals surface area contributed by atoms with Crippen LogP contribution in [0, 0.1) is 0 Å². The molecule has 166 valence electrons. The minimum absolute atomic E-state index is 0.320. The van der Waals surface area contributed by atoms with Gasteiger partial charge in [-0.3, -0.25) is 4.79 Å². The van der Waals surface area contributed by atoms with Gasteiger partial charge < -0.3 is 14.2 Å². The summed E-state index contributed by atoms with van der Waals surface area (Å²) in [5.74, 6) is 1.57. The van der Waals surface area contributed by atoms with Gasteiger partial charge in [0.15, 0.2) is 11.5 Å². The summed E-state index contributed by atoms with van der Waals surface area (Å²) in [7, 11) is 1.57. The highest BCUT2D eigenvalue weighted by Crippen LogP contribution is 2.34. The molecular weight excluding hydrogens is 540 g/mol. The molecule has 0 aliphatic heterocycles. The molecule has 3 aromatic carbocycles. The van der Waals surface area contributed by atoms with Crippen LogP contribution in [0.3, 0.4) is 0 Å². The molecule has 0 bridgehead atoms. The van der Waals surface area contributed by atoms with Crippen molar-refractivity contribution in [2.45, 2.75) is 13.5 Å². The minimum Gasteiger partial charge on any atom is -0.497 e. The first kappa shape index (κ1) is 23.8. The first-order valence-electron chi connectivity index (χ1n) is 9.81. The van der Waals surface area contributed by atoms with Crippen LogP contribution < -0.4 is 19.6 Å². The third kappa shape index (κ3) is 6.58. The Kier molecular flexibility index (Phi) is 8.70. The van der Waals surface area contributed by atoms with E-state index in [1.807, 2.05) is 43.3 Å². The van der Waals surface area contributed by atoms with Gasteiger partial charge in [0.05, 0.1) is 19.9 Å². The molecule has 0 aliphatic rings. The number of methoxy groups -OCH3 is 1. The Labute approximate surface area is 203 Å². The quantitative estimate of drug-likeness (QED) is 0.258. The zero-order valence-electron chi connectivity index (χ0n) is 17.6. The molecule has 0 aromatic heterocycles. The number of ether oxygens (including phenoxy) is 3. The molecule has 0 spiro atoms. The summed E-state index contributed by atoms with van der Waals surface area (Å²) in [6.45, 7) is 2.80. The van der Waals surface area contributed by atoms with E-state index in [1.165, 1.54) is 0 Å². The smallest absolute Gasteiger partial charge is 0.271 e. The average Bonchev–Trinajstić information content (AvgIpc) is 2.81. The van der Waals surface area contributed by atoms with Gasteiger partial charge in [-0.1, -0.05) is 28.1 Å². The zero-order valence-corrected chi connectivity index (χ0v) is 20.8. The van der Waals surface area contributed by atoms with Crippen LogP contribution in [0.5, 0.6) is 17.2 Å². The molecule has 8 heteroatoms. The van der Waals surface area contributed by atoms with E-state index in [2.05, 4.69) is 42.4 Å². The van der Waals surface area contributed by atoms with Crippen LogP contribution in [-0.4, -0.2) is 25.8 Å². The number of halogens is 2. The maximum absolute atomic E-state index is 12.3. The number of hydrazone groups is 1. The number of nitrogens with one attached hydrogen (secondary N) is 1. The molecule has 1 N–H and O–H groups in total. The summed E-state index contributed by atoms with van der Waals surface area (Å²) < 4.78 is 18.6. The second kappa shape index (κ2) is 11.7. The number of amides is 1. The molecule has 0 unspecified atom stereocenters. The summed E-state index contributed by atoms with van der Waals surface area (Å²) in [5.41, 5.74) is 4.78. The molecule has 0 atom stereocenters. The standard InChI is InChI=1S/C24H22Br2N2O4/c1-3-31-22-12-18(14-27-28-24(29)17-6-10-20(30-2)11-7-17)21(26)13-23(22)32-15-16-4-8-19(25)9-5-16/h4-14H,3,15H2,1-2H3,(H,28,29)/b27-14-. The van der Waals surface area contributed by atoms with E-state index in [1.54, 1.807) is 37.6 Å². The molecule has 0 aliphatic carbocycles. The molecule has 3 rings (SSSR count). The molecule has 0 saturated heterocycles. The van der Waals surface area contributed by atoms with Crippen molar-refractivity contribution in [3.05, 3.63) is 86.3 Å². The number of hydrogen-bond donors (Lipinski definition) is 1.